The van der Waals surface area contributed by atoms with Crippen molar-refractivity contribution in [2.24, 2.45) is 0 Å². The van der Waals surface area contributed by atoms with Crippen LogP contribution in [-0.2, 0) is 0 Å². The van der Waals surface area contributed by atoms with Crippen molar-refractivity contribution < 1.29 is 14.2 Å². The average molecular weight is 353 g/mol. The van der Waals surface area contributed by atoms with E-state index < -0.39 is 0 Å². The Labute approximate surface area is 152 Å². The largest absolute Gasteiger partial charge is 0.493 e. The average Bonchev–Trinajstić information content (AvgIpc) is 3.24. The minimum Gasteiger partial charge on any atom is -0.493 e. The number of methoxy groups -OCH3 is 1. The van der Waals surface area contributed by atoms with Crippen LogP contribution >= 0.6 is 0 Å². The van der Waals surface area contributed by atoms with Crippen molar-refractivity contribution in [3.05, 3.63) is 29.5 Å². The molecule has 1 aliphatic heterocycles. The number of benzene rings is 1. The second-order valence-electron chi connectivity index (χ2n) is 6.72. The molecule has 6 nitrogen and oxygen atoms in total. The lowest BCUT2D eigenvalue weighted by molar-refractivity contribution is 0.171. The lowest BCUT2D eigenvalue weighted by Gasteiger charge is -2.12. The summed E-state index contributed by atoms with van der Waals surface area (Å²) in [6, 6.07) is 6.28. The third-order valence-corrected chi connectivity index (χ3v) is 5.00. The van der Waals surface area contributed by atoms with Crippen LogP contribution in [0.15, 0.2) is 18.2 Å². The number of hydrogen-bond donors (Lipinski definition) is 0. The van der Waals surface area contributed by atoms with Crippen molar-refractivity contribution in [3.8, 4) is 28.5 Å². The van der Waals surface area contributed by atoms with Crippen molar-refractivity contribution in [2.45, 2.75) is 40.2 Å². The fourth-order valence-corrected chi connectivity index (χ4v) is 3.43. The highest BCUT2D eigenvalue weighted by molar-refractivity contribution is 5.85. The highest BCUT2D eigenvalue weighted by atomic mass is 16.7. The Morgan fingerprint density at radius 3 is 2.77 bits per heavy atom. The molecule has 0 bridgehead atoms. The van der Waals surface area contributed by atoms with Crippen LogP contribution in [0.1, 0.15) is 37.6 Å². The van der Waals surface area contributed by atoms with E-state index in [4.69, 9.17) is 24.3 Å². The Kier molecular flexibility index (Phi) is 3.98. The van der Waals surface area contributed by atoms with Gasteiger partial charge in [-0.25, -0.2) is 9.67 Å². The van der Waals surface area contributed by atoms with Gasteiger partial charge in [0, 0.05) is 10.9 Å². The van der Waals surface area contributed by atoms with Crippen LogP contribution < -0.4 is 14.2 Å². The first-order chi connectivity index (χ1) is 12.5. The summed E-state index contributed by atoms with van der Waals surface area (Å²) >= 11 is 0. The molecule has 1 aromatic carbocycles. The van der Waals surface area contributed by atoms with Crippen LogP contribution in [0.25, 0.3) is 22.3 Å². The Balaban J connectivity index is 1.93. The molecule has 0 saturated heterocycles. The number of aryl methyl sites for hydroxylation is 2. The van der Waals surface area contributed by atoms with E-state index in [0.717, 1.165) is 40.0 Å². The van der Waals surface area contributed by atoms with E-state index in [0.29, 0.717) is 23.3 Å². The van der Waals surface area contributed by atoms with Gasteiger partial charge in [-0.2, -0.15) is 5.10 Å². The Bertz CT molecular complexity index is 994. The lowest BCUT2D eigenvalue weighted by atomic mass is 10.1. The normalized spacial score (nSPS) is 14.0. The standard InChI is InChI=1S/C20H23N3O3/c1-6-12(3)23-20-18(13(4)22-23)11(2)7-15(21-20)14-8-16(24-5)19-17(9-14)25-10-26-19/h7-9,12H,6,10H2,1-5H3. The van der Waals surface area contributed by atoms with Gasteiger partial charge in [-0.15, -0.1) is 0 Å². The van der Waals surface area contributed by atoms with Gasteiger partial charge in [-0.1, -0.05) is 6.92 Å². The van der Waals surface area contributed by atoms with Crippen LogP contribution in [0.5, 0.6) is 17.2 Å². The van der Waals surface area contributed by atoms with E-state index in [1.54, 1.807) is 7.11 Å². The molecule has 3 aromatic rings. The summed E-state index contributed by atoms with van der Waals surface area (Å²) in [5.41, 5.74) is 4.90. The molecule has 1 unspecified atom stereocenters. The summed E-state index contributed by atoms with van der Waals surface area (Å²) in [5, 5.41) is 5.86. The fourth-order valence-electron chi connectivity index (χ4n) is 3.43. The summed E-state index contributed by atoms with van der Waals surface area (Å²) in [4.78, 5) is 4.95. The molecule has 0 saturated carbocycles. The van der Waals surface area contributed by atoms with Crippen molar-refractivity contribution in [3.63, 3.8) is 0 Å². The summed E-state index contributed by atoms with van der Waals surface area (Å²) in [6.45, 7) is 8.68. The van der Waals surface area contributed by atoms with Crippen molar-refractivity contribution in [1.82, 2.24) is 14.8 Å². The topological polar surface area (TPSA) is 58.4 Å². The highest BCUT2D eigenvalue weighted by Gasteiger charge is 2.22. The Morgan fingerprint density at radius 1 is 1.23 bits per heavy atom. The Morgan fingerprint density at radius 2 is 2.04 bits per heavy atom. The smallest absolute Gasteiger partial charge is 0.231 e. The SMILES string of the molecule is CCC(C)n1nc(C)c2c(C)cc(-c3cc(OC)c4c(c3)OCO4)nc21. The predicted octanol–water partition coefficient (Wildman–Crippen LogP) is 4.42. The molecule has 0 amide bonds. The molecule has 0 radical (unpaired) electrons. The molecule has 0 N–H and O–H groups in total. The number of aromatic nitrogens is 3. The van der Waals surface area contributed by atoms with Gasteiger partial charge in [0.05, 0.1) is 24.5 Å². The van der Waals surface area contributed by atoms with Gasteiger partial charge in [0.1, 0.15) is 0 Å². The number of rotatable bonds is 4. The molecule has 0 aliphatic carbocycles. The quantitative estimate of drug-likeness (QED) is 0.695. The lowest BCUT2D eigenvalue weighted by Crippen LogP contribution is -2.07. The molecule has 1 aliphatic rings. The highest BCUT2D eigenvalue weighted by Crippen LogP contribution is 2.44. The molecule has 1 atom stereocenters. The van der Waals surface area contributed by atoms with E-state index in [1.807, 2.05) is 23.7 Å². The molecule has 26 heavy (non-hydrogen) atoms. The van der Waals surface area contributed by atoms with Crippen molar-refractivity contribution in [2.75, 3.05) is 13.9 Å². The van der Waals surface area contributed by atoms with E-state index in [-0.39, 0.29) is 6.79 Å². The molecular weight excluding hydrogens is 330 g/mol. The zero-order valence-corrected chi connectivity index (χ0v) is 15.8. The van der Waals surface area contributed by atoms with Crippen LogP contribution in [0.2, 0.25) is 0 Å². The summed E-state index contributed by atoms with van der Waals surface area (Å²) in [6.07, 6.45) is 0.999. The van der Waals surface area contributed by atoms with E-state index >= 15 is 0 Å². The van der Waals surface area contributed by atoms with Gasteiger partial charge >= 0.3 is 0 Å². The number of pyridine rings is 1. The van der Waals surface area contributed by atoms with Crippen LogP contribution in [0, 0.1) is 13.8 Å². The van der Waals surface area contributed by atoms with Gasteiger partial charge in [-0.3, -0.25) is 0 Å². The molecule has 136 valence electrons. The van der Waals surface area contributed by atoms with Gasteiger partial charge in [0.25, 0.3) is 0 Å². The maximum atomic E-state index is 5.56. The second-order valence-corrected chi connectivity index (χ2v) is 6.72. The monoisotopic (exact) mass is 353 g/mol. The predicted molar refractivity (Wildman–Crippen MR) is 100 cm³/mol. The molecule has 3 heterocycles. The van der Waals surface area contributed by atoms with E-state index in [2.05, 4.69) is 26.8 Å². The zero-order chi connectivity index (χ0) is 18.4. The fraction of sp³-hybridized carbons (Fsp3) is 0.400. The number of ether oxygens (including phenoxy) is 3. The molecule has 0 spiro atoms. The number of hydrogen-bond acceptors (Lipinski definition) is 5. The van der Waals surface area contributed by atoms with Gasteiger partial charge < -0.3 is 14.2 Å². The first kappa shape index (κ1) is 16.7. The number of nitrogens with zero attached hydrogens (tertiary/aromatic N) is 3. The summed E-state index contributed by atoms with van der Waals surface area (Å²) < 4.78 is 18.6. The van der Waals surface area contributed by atoms with Gasteiger partial charge in [0.2, 0.25) is 12.5 Å². The summed E-state index contributed by atoms with van der Waals surface area (Å²) in [7, 11) is 1.63. The minimum atomic E-state index is 0.209. The maximum Gasteiger partial charge on any atom is 0.231 e. The second kappa shape index (κ2) is 6.20. The van der Waals surface area contributed by atoms with E-state index in [9.17, 15) is 0 Å². The first-order valence-corrected chi connectivity index (χ1v) is 8.88. The maximum absolute atomic E-state index is 5.56. The summed E-state index contributed by atoms with van der Waals surface area (Å²) in [5.74, 6) is 1.99. The van der Waals surface area contributed by atoms with Crippen molar-refractivity contribution >= 4 is 11.0 Å². The molecule has 0 fully saturated rings. The molecule has 2 aromatic heterocycles. The van der Waals surface area contributed by atoms with Crippen LogP contribution in [-0.4, -0.2) is 28.7 Å². The zero-order valence-electron chi connectivity index (χ0n) is 15.8. The Hall–Kier alpha value is -2.76. The number of fused-ring (bicyclic) bond motifs is 2. The van der Waals surface area contributed by atoms with Gasteiger partial charge in [-0.05, 0) is 51.0 Å². The van der Waals surface area contributed by atoms with E-state index in [1.165, 1.54) is 0 Å². The third kappa shape index (κ3) is 2.48. The molecule has 6 heteroatoms. The minimum absolute atomic E-state index is 0.209. The molecule has 4 rings (SSSR count). The third-order valence-electron chi connectivity index (χ3n) is 5.00. The van der Waals surface area contributed by atoms with Crippen molar-refractivity contribution in [1.29, 1.82) is 0 Å². The first-order valence-electron chi connectivity index (χ1n) is 8.88. The van der Waals surface area contributed by atoms with Crippen LogP contribution in [0.4, 0.5) is 0 Å². The molecular formula is C20H23N3O3. The van der Waals surface area contributed by atoms with Gasteiger partial charge in [0.15, 0.2) is 17.1 Å². The van der Waals surface area contributed by atoms with Crippen LogP contribution in [0.3, 0.4) is 0 Å².